The van der Waals surface area contributed by atoms with E-state index in [-0.39, 0.29) is 5.91 Å². The van der Waals surface area contributed by atoms with E-state index in [0.29, 0.717) is 5.69 Å². The van der Waals surface area contributed by atoms with Gasteiger partial charge in [-0.05, 0) is 54.8 Å². The number of hydrogen-bond acceptors (Lipinski definition) is 3. The summed E-state index contributed by atoms with van der Waals surface area (Å²) in [4.78, 5) is 16.6. The molecule has 2 aromatic heterocycles. The van der Waals surface area contributed by atoms with Gasteiger partial charge in [-0.2, -0.15) is 5.10 Å². The fourth-order valence-corrected chi connectivity index (χ4v) is 2.57. The highest BCUT2D eigenvalue weighted by molar-refractivity contribution is 6.03. The molecule has 0 unspecified atom stereocenters. The fourth-order valence-electron chi connectivity index (χ4n) is 2.57. The Balaban J connectivity index is 1.76. The number of rotatable bonds is 4. The van der Waals surface area contributed by atoms with Crippen LogP contribution in [0.15, 0.2) is 48.8 Å². The molecule has 0 fully saturated rings. The number of carbonyl (C=O) groups is 1. The van der Waals surface area contributed by atoms with E-state index in [0.717, 1.165) is 28.1 Å². The third kappa shape index (κ3) is 3.83. The lowest BCUT2D eigenvalue weighted by Gasteiger charge is -2.09. The minimum absolute atomic E-state index is 0.169. The molecule has 0 spiro atoms. The van der Waals surface area contributed by atoms with Crippen LogP contribution in [0, 0.1) is 13.8 Å². The Kier molecular flexibility index (Phi) is 4.75. The van der Waals surface area contributed by atoms with Gasteiger partial charge in [0.2, 0.25) is 0 Å². The van der Waals surface area contributed by atoms with Crippen LogP contribution in [0.4, 0.5) is 5.69 Å². The van der Waals surface area contributed by atoms with Crippen LogP contribution in [-0.4, -0.2) is 20.7 Å². The van der Waals surface area contributed by atoms with Crippen LogP contribution in [0.1, 0.15) is 32.9 Å². The second-order valence-corrected chi connectivity index (χ2v) is 5.88. The highest BCUT2D eigenvalue weighted by Crippen LogP contribution is 2.19. The lowest BCUT2D eigenvalue weighted by atomic mass is 10.1. The Morgan fingerprint density at radius 3 is 2.64 bits per heavy atom. The molecule has 0 aliphatic rings. The van der Waals surface area contributed by atoms with Crippen molar-refractivity contribution < 1.29 is 4.79 Å². The van der Waals surface area contributed by atoms with Gasteiger partial charge in [-0.25, -0.2) is 0 Å². The van der Waals surface area contributed by atoms with Gasteiger partial charge >= 0.3 is 0 Å². The normalized spacial score (nSPS) is 11.0. The Hall–Kier alpha value is -3.21. The fraction of sp³-hybridized carbons (Fsp3) is 0.150. The van der Waals surface area contributed by atoms with E-state index < -0.39 is 0 Å². The lowest BCUT2D eigenvalue weighted by Crippen LogP contribution is -2.16. The zero-order chi connectivity index (χ0) is 17.8. The topological polar surface area (TPSA) is 59.8 Å². The predicted molar refractivity (Wildman–Crippen MR) is 100 cm³/mol. The van der Waals surface area contributed by atoms with Gasteiger partial charge in [0.15, 0.2) is 0 Å². The molecule has 1 amide bonds. The van der Waals surface area contributed by atoms with E-state index in [9.17, 15) is 4.79 Å². The first kappa shape index (κ1) is 16.6. The third-order valence-electron chi connectivity index (χ3n) is 4.06. The van der Waals surface area contributed by atoms with Gasteiger partial charge in [0.25, 0.3) is 5.91 Å². The summed E-state index contributed by atoms with van der Waals surface area (Å²) in [6, 6.07) is 11.6. The summed E-state index contributed by atoms with van der Waals surface area (Å²) in [6.07, 6.45) is 7.49. The van der Waals surface area contributed by atoms with E-state index in [1.165, 1.54) is 0 Å². The summed E-state index contributed by atoms with van der Waals surface area (Å²) in [5.74, 6) is -0.169. The molecule has 1 aromatic carbocycles. The number of benzene rings is 1. The smallest absolute Gasteiger partial charge is 0.273 e. The predicted octanol–water partition coefficient (Wildman–Crippen LogP) is 3.85. The van der Waals surface area contributed by atoms with Crippen molar-refractivity contribution in [1.29, 1.82) is 0 Å². The minimum Gasteiger partial charge on any atom is -0.320 e. The molecular formula is C20H20N4O. The standard InChI is InChI=1S/C20H20N4O/c1-14-13-16(6-8-17-5-4-11-21-15(17)2)7-9-18(14)23-20(25)19-10-12-22-24(19)3/h4-13H,1-3H3,(H,23,25)/b8-6+. The summed E-state index contributed by atoms with van der Waals surface area (Å²) < 4.78 is 1.55. The molecule has 0 radical (unpaired) electrons. The van der Waals surface area contributed by atoms with E-state index in [1.54, 1.807) is 30.2 Å². The number of amides is 1. The van der Waals surface area contributed by atoms with Gasteiger partial charge in [-0.1, -0.05) is 24.3 Å². The Labute approximate surface area is 147 Å². The summed E-state index contributed by atoms with van der Waals surface area (Å²) in [6.45, 7) is 3.97. The van der Waals surface area contributed by atoms with Crippen LogP contribution >= 0.6 is 0 Å². The van der Waals surface area contributed by atoms with Crippen molar-refractivity contribution in [3.05, 3.63) is 76.9 Å². The molecule has 0 aliphatic carbocycles. The van der Waals surface area contributed by atoms with Crippen molar-refractivity contribution in [3.8, 4) is 0 Å². The van der Waals surface area contributed by atoms with Crippen LogP contribution in [0.3, 0.4) is 0 Å². The monoisotopic (exact) mass is 332 g/mol. The Bertz CT molecular complexity index is 940. The zero-order valence-electron chi connectivity index (χ0n) is 14.5. The first-order valence-electron chi connectivity index (χ1n) is 8.04. The first-order chi connectivity index (χ1) is 12.0. The van der Waals surface area contributed by atoms with Crippen LogP contribution in [0.5, 0.6) is 0 Å². The molecule has 5 nitrogen and oxygen atoms in total. The number of hydrogen-bond donors (Lipinski definition) is 1. The van der Waals surface area contributed by atoms with Gasteiger partial charge < -0.3 is 5.32 Å². The van der Waals surface area contributed by atoms with Crippen molar-refractivity contribution in [2.24, 2.45) is 7.05 Å². The summed E-state index contributed by atoms with van der Waals surface area (Å²) in [7, 11) is 1.75. The van der Waals surface area contributed by atoms with Crippen LogP contribution < -0.4 is 5.32 Å². The average Bonchev–Trinajstić information content (AvgIpc) is 3.02. The number of anilines is 1. The molecule has 3 rings (SSSR count). The molecule has 1 N–H and O–H groups in total. The van der Waals surface area contributed by atoms with Crippen molar-refractivity contribution in [2.75, 3.05) is 5.32 Å². The van der Waals surface area contributed by atoms with Crippen molar-refractivity contribution in [3.63, 3.8) is 0 Å². The molecule has 2 heterocycles. The van der Waals surface area contributed by atoms with E-state index in [4.69, 9.17) is 0 Å². The number of carbonyl (C=O) groups excluding carboxylic acids is 1. The average molecular weight is 332 g/mol. The molecule has 0 bridgehead atoms. The van der Waals surface area contributed by atoms with Gasteiger partial charge in [0.05, 0.1) is 0 Å². The maximum absolute atomic E-state index is 12.3. The van der Waals surface area contributed by atoms with Crippen molar-refractivity contribution >= 4 is 23.7 Å². The number of aromatic nitrogens is 3. The number of nitrogens with one attached hydrogen (secondary N) is 1. The molecule has 126 valence electrons. The largest absolute Gasteiger partial charge is 0.320 e. The summed E-state index contributed by atoms with van der Waals surface area (Å²) in [5.41, 5.74) is 5.47. The number of pyridine rings is 1. The Morgan fingerprint density at radius 1 is 1.12 bits per heavy atom. The minimum atomic E-state index is -0.169. The van der Waals surface area contributed by atoms with Gasteiger partial charge in [-0.3, -0.25) is 14.5 Å². The van der Waals surface area contributed by atoms with E-state index in [2.05, 4.69) is 15.4 Å². The van der Waals surface area contributed by atoms with E-state index in [1.807, 2.05) is 56.3 Å². The Morgan fingerprint density at radius 2 is 1.96 bits per heavy atom. The van der Waals surface area contributed by atoms with Gasteiger partial charge in [0, 0.05) is 30.8 Å². The molecule has 0 saturated carbocycles. The molecule has 0 aliphatic heterocycles. The number of aryl methyl sites for hydroxylation is 3. The SMILES string of the molecule is Cc1cc(/C=C/c2cccnc2C)ccc1NC(=O)c1ccnn1C. The maximum atomic E-state index is 12.3. The number of nitrogens with zero attached hydrogens (tertiary/aromatic N) is 3. The molecule has 0 saturated heterocycles. The molecule has 25 heavy (non-hydrogen) atoms. The highest BCUT2D eigenvalue weighted by atomic mass is 16.2. The quantitative estimate of drug-likeness (QED) is 0.789. The van der Waals surface area contributed by atoms with Crippen LogP contribution in [0.2, 0.25) is 0 Å². The van der Waals surface area contributed by atoms with E-state index >= 15 is 0 Å². The molecular weight excluding hydrogens is 312 g/mol. The highest BCUT2D eigenvalue weighted by Gasteiger charge is 2.11. The van der Waals surface area contributed by atoms with Crippen LogP contribution in [-0.2, 0) is 7.05 Å². The first-order valence-corrected chi connectivity index (χ1v) is 8.04. The second kappa shape index (κ2) is 7.13. The lowest BCUT2D eigenvalue weighted by molar-refractivity contribution is 0.101. The van der Waals surface area contributed by atoms with Crippen LogP contribution in [0.25, 0.3) is 12.2 Å². The third-order valence-corrected chi connectivity index (χ3v) is 4.06. The zero-order valence-corrected chi connectivity index (χ0v) is 14.5. The van der Waals surface area contributed by atoms with Gasteiger partial charge in [-0.15, -0.1) is 0 Å². The van der Waals surface area contributed by atoms with Crippen molar-refractivity contribution in [1.82, 2.24) is 14.8 Å². The molecule has 0 atom stereocenters. The summed E-state index contributed by atoms with van der Waals surface area (Å²) in [5, 5.41) is 6.95. The summed E-state index contributed by atoms with van der Waals surface area (Å²) >= 11 is 0. The maximum Gasteiger partial charge on any atom is 0.273 e. The molecule has 3 aromatic rings. The van der Waals surface area contributed by atoms with Gasteiger partial charge in [0.1, 0.15) is 5.69 Å². The molecule has 5 heteroatoms. The second-order valence-electron chi connectivity index (χ2n) is 5.88. The van der Waals surface area contributed by atoms with Crippen molar-refractivity contribution in [2.45, 2.75) is 13.8 Å².